The lowest BCUT2D eigenvalue weighted by molar-refractivity contribution is 0.632. The first-order valence-electron chi connectivity index (χ1n) is 5.14. The highest BCUT2D eigenvalue weighted by atomic mass is 32.2. The summed E-state index contributed by atoms with van der Waals surface area (Å²) in [7, 11) is 0. The van der Waals surface area contributed by atoms with Crippen molar-refractivity contribution >= 4 is 11.8 Å². The zero-order valence-electron chi connectivity index (χ0n) is 8.99. The van der Waals surface area contributed by atoms with Crippen LogP contribution in [0.4, 0.5) is 0 Å². The first-order valence-corrected chi connectivity index (χ1v) is 6.12. The van der Waals surface area contributed by atoms with Crippen LogP contribution in [0.1, 0.15) is 25.8 Å². The second kappa shape index (κ2) is 6.10. The van der Waals surface area contributed by atoms with Gasteiger partial charge in [0.1, 0.15) is 0 Å². The third-order valence-corrected chi connectivity index (χ3v) is 3.13. The molecule has 0 aliphatic carbocycles. The maximum absolute atomic E-state index is 5.59. The van der Waals surface area contributed by atoms with Crippen LogP contribution in [-0.2, 0) is 6.54 Å². The monoisotopic (exact) mass is 209 g/mol. The highest BCUT2D eigenvalue weighted by molar-refractivity contribution is 7.99. The Kier molecular flexibility index (Phi) is 5.05. The predicted octanol–water partition coefficient (Wildman–Crippen LogP) is 3.28. The fourth-order valence-electron chi connectivity index (χ4n) is 1.17. The van der Waals surface area contributed by atoms with Gasteiger partial charge in [-0.15, -0.1) is 11.8 Å². The average molecular weight is 209 g/mol. The van der Waals surface area contributed by atoms with Crippen LogP contribution < -0.4 is 5.73 Å². The quantitative estimate of drug-likeness (QED) is 0.753. The van der Waals surface area contributed by atoms with Crippen LogP contribution >= 0.6 is 11.8 Å². The van der Waals surface area contributed by atoms with Gasteiger partial charge in [0.25, 0.3) is 0 Å². The molecule has 0 bridgehead atoms. The first-order chi connectivity index (χ1) is 6.72. The van der Waals surface area contributed by atoms with Gasteiger partial charge in [-0.25, -0.2) is 0 Å². The molecule has 0 atom stereocenters. The molecule has 0 amide bonds. The second-order valence-electron chi connectivity index (χ2n) is 3.88. The molecular formula is C12H19NS. The molecule has 0 fully saturated rings. The molecule has 1 aromatic carbocycles. The molecule has 0 spiro atoms. The summed E-state index contributed by atoms with van der Waals surface area (Å²) in [6, 6.07) is 8.50. The summed E-state index contributed by atoms with van der Waals surface area (Å²) in [4.78, 5) is 1.34. The smallest absolute Gasteiger partial charge is 0.0178 e. The van der Waals surface area contributed by atoms with Crippen molar-refractivity contribution in [1.82, 2.24) is 0 Å². The third-order valence-electron chi connectivity index (χ3n) is 2.10. The van der Waals surface area contributed by atoms with Crippen molar-refractivity contribution in [3.8, 4) is 0 Å². The Morgan fingerprint density at radius 1 is 1.36 bits per heavy atom. The van der Waals surface area contributed by atoms with Crippen LogP contribution in [0.5, 0.6) is 0 Å². The highest BCUT2D eigenvalue weighted by Gasteiger charge is 1.97. The minimum Gasteiger partial charge on any atom is -0.326 e. The van der Waals surface area contributed by atoms with Gasteiger partial charge in [-0.05, 0) is 35.8 Å². The van der Waals surface area contributed by atoms with Crippen molar-refractivity contribution < 1.29 is 0 Å². The van der Waals surface area contributed by atoms with Crippen molar-refractivity contribution in [3.05, 3.63) is 29.8 Å². The van der Waals surface area contributed by atoms with Gasteiger partial charge in [-0.3, -0.25) is 0 Å². The second-order valence-corrected chi connectivity index (χ2v) is 5.05. The van der Waals surface area contributed by atoms with E-state index in [-0.39, 0.29) is 0 Å². The molecule has 0 aliphatic rings. The van der Waals surface area contributed by atoms with E-state index in [1.165, 1.54) is 22.6 Å². The van der Waals surface area contributed by atoms with Crippen molar-refractivity contribution in [3.63, 3.8) is 0 Å². The van der Waals surface area contributed by atoms with E-state index in [4.69, 9.17) is 5.73 Å². The van der Waals surface area contributed by atoms with Crippen molar-refractivity contribution in [1.29, 1.82) is 0 Å². The number of hydrogen-bond donors (Lipinski definition) is 1. The standard InChI is InChI=1S/C12H19NS/c1-10(2)6-7-14-12-5-3-4-11(8-12)9-13/h3-5,8,10H,6-7,9,13H2,1-2H3. The topological polar surface area (TPSA) is 26.0 Å². The molecular weight excluding hydrogens is 190 g/mol. The Labute approximate surface area is 91.1 Å². The predicted molar refractivity (Wildman–Crippen MR) is 64.5 cm³/mol. The Morgan fingerprint density at radius 3 is 2.79 bits per heavy atom. The number of thioether (sulfide) groups is 1. The molecule has 0 saturated heterocycles. The van der Waals surface area contributed by atoms with Gasteiger partial charge in [0, 0.05) is 11.4 Å². The summed E-state index contributed by atoms with van der Waals surface area (Å²) in [5.74, 6) is 1.99. The molecule has 2 heteroatoms. The summed E-state index contributed by atoms with van der Waals surface area (Å²) < 4.78 is 0. The highest BCUT2D eigenvalue weighted by Crippen LogP contribution is 2.21. The fourth-order valence-corrected chi connectivity index (χ4v) is 2.41. The number of benzene rings is 1. The molecule has 1 aromatic rings. The summed E-state index contributed by atoms with van der Waals surface area (Å²) in [5.41, 5.74) is 6.81. The Bertz CT molecular complexity index is 271. The van der Waals surface area contributed by atoms with Crippen molar-refractivity contribution in [2.45, 2.75) is 31.7 Å². The van der Waals surface area contributed by atoms with E-state index >= 15 is 0 Å². The average Bonchev–Trinajstić information content (AvgIpc) is 2.18. The molecule has 0 aromatic heterocycles. The van der Waals surface area contributed by atoms with Gasteiger partial charge in [-0.2, -0.15) is 0 Å². The summed E-state index contributed by atoms with van der Waals surface area (Å²) in [6.07, 6.45) is 1.28. The molecule has 1 rings (SSSR count). The molecule has 1 nitrogen and oxygen atoms in total. The normalized spacial score (nSPS) is 10.9. The molecule has 0 saturated carbocycles. The number of rotatable bonds is 5. The lowest BCUT2D eigenvalue weighted by Gasteiger charge is -2.05. The van der Waals surface area contributed by atoms with Crippen LogP contribution in [0.3, 0.4) is 0 Å². The van der Waals surface area contributed by atoms with Crippen LogP contribution in [0, 0.1) is 5.92 Å². The van der Waals surface area contributed by atoms with Gasteiger partial charge in [0.05, 0.1) is 0 Å². The van der Waals surface area contributed by atoms with Crippen LogP contribution in [0.25, 0.3) is 0 Å². The number of hydrogen-bond acceptors (Lipinski definition) is 2. The van der Waals surface area contributed by atoms with Gasteiger partial charge in [0.15, 0.2) is 0 Å². The van der Waals surface area contributed by atoms with E-state index in [9.17, 15) is 0 Å². The van der Waals surface area contributed by atoms with E-state index in [1.54, 1.807) is 0 Å². The van der Waals surface area contributed by atoms with Crippen LogP contribution in [0.2, 0.25) is 0 Å². The van der Waals surface area contributed by atoms with E-state index in [2.05, 4.69) is 38.1 Å². The van der Waals surface area contributed by atoms with Gasteiger partial charge >= 0.3 is 0 Å². The first kappa shape index (κ1) is 11.6. The van der Waals surface area contributed by atoms with Gasteiger partial charge in [-0.1, -0.05) is 26.0 Å². The summed E-state index contributed by atoms with van der Waals surface area (Å²) in [5, 5.41) is 0. The Hall–Kier alpha value is -0.470. The maximum Gasteiger partial charge on any atom is 0.0178 e. The maximum atomic E-state index is 5.59. The molecule has 78 valence electrons. The van der Waals surface area contributed by atoms with Gasteiger partial charge in [0.2, 0.25) is 0 Å². The zero-order chi connectivity index (χ0) is 10.4. The summed E-state index contributed by atoms with van der Waals surface area (Å²) >= 11 is 1.92. The molecule has 0 unspecified atom stereocenters. The van der Waals surface area contributed by atoms with Crippen molar-refractivity contribution in [2.24, 2.45) is 11.7 Å². The molecule has 0 radical (unpaired) electrons. The van der Waals surface area contributed by atoms with Crippen LogP contribution in [0.15, 0.2) is 29.2 Å². The number of nitrogens with two attached hydrogens (primary N) is 1. The lowest BCUT2D eigenvalue weighted by Crippen LogP contribution is -1.95. The zero-order valence-corrected chi connectivity index (χ0v) is 9.81. The van der Waals surface area contributed by atoms with E-state index < -0.39 is 0 Å². The van der Waals surface area contributed by atoms with Gasteiger partial charge < -0.3 is 5.73 Å². The van der Waals surface area contributed by atoms with E-state index in [0.29, 0.717) is 6.54 Å². The molecule has 14 heavy (non-hydrogen) atoms. The molecule has 0 aliphatic heterocycles. The van der Waals surface area contributed by atoms with E-state index in [1.807, 2.05) is 11.8 Å². The molecule has 2 N–H and O–H groups in total. The van der Waals surface area contributed by atoms with Crippen LogP contribution in [-0.4, -0.2) is 5.75 Å². The summed E-state index contributed by atoms with van der Waals surface area (Å²) in [6.45, 7) is 5.16. The SMILES string of the molecule is CC(C)CCSc1cccc(CN)c1. The fraction of sp³-hybridized carbons (Fsp3) is 0.500. The third kappa shape index (κ3) is 4.16. The largest absolute Gasteiger partial charge is 0.326 e. The van der Waals surface area contributed by atoms with Crippen molar-refractivity contribution in [2.75, 3.05) is 5.75 Å². The molecule has 0 heterocycles. The van der Waals surface area contributed by atoms with E-state index in [0.717, 1.165) is 5.92 Å². The lowest BCUT2D eigenvalue weighted by atomic mass is 10.2. The Balaban J connectivity index is 2.42. The minimum atomic E-state index is 0.637. The Morgan fingerprint density at radius 2 is 2.14 bits per heavy atom. The minimum absolute atomic E-state index is 0.637.